The lowest BCUT2D eigenvalue weighted by molar-refractivity contribution is -2.00. The van der Waals surface area contributed by atoms with Crippen molar-refractivity contribution in [3.63, 3.8) is 0 Å². The molecule has 0 bridgehead atoms. The third kappa shape index (κ3) is 23.0. The van der Waals surface area contributed by atoms with E-state index in [0.717, 1.165) is 0 Å². The molecule has 0 spiro atoms. The average molecular weight is 252 g/mol. The predicted molar refractivity (Wildman–Crippen MR) is 45.6 cm³/mol. The van der Waals surface area contributed by atoms with Crippen molar-refractivity contribution in [2.75, 3.05) is 28.2 Å². The maximum Gasteiger partial charge on any atom is 0.182 e. The zero-order valence-electron chi connectivity index (χ0n) is 9.51. The topological polar surface area (TPSA) is 122 Å². The molecule has 16 heavy (non-hydrogen) atoms. The molecule has 0 saturated heterocycles. The smallest absolute Gasteiger partial charge is 0.182 e. The highest BCUT2D eigenvalue weighted by Crippen LogP contribution is 1.88. The summed E-state index contributed by atoms with van der Waals surface area (Å²) in [6.07, 6.45) is 3.56. The largest absolute Gasteiger partial charge is 0.382 e. The summed E-state index contributed by atoms with van der Waals surface area (Å²) in [5, 5.41) is 8.62. The van der Waals surface area contributed by atoms with E-state index in [-0.39, 0.29) is 0 Å². The van der Waals surface area contributed by atoms with Crippen LogP contribution in [0, 0.1) is 21.6 Å². The molecule has 0 atom stereocenters. The highest BCUT2D eigenvalue weighted by atomic mass is 35.7. The van der Waals surface area contributed by atoms with Crippen molar-refractivity contribution in [3.05, 3.63) is 11.8 Å². The van der Waals surface area contributed by atoms with Crippen LogP contribution in [-0.4, -0.2) is 43.9 Å². The van der Waals surface area contributed by atoms with Gasteiger partial charge in [-0.25, -0.2) is 23.2 Å². The molecule has 0 N–H and O–H groups in total. The molecular weight excluding hydrogens is 238 g/mol. The quantitative estimate of drug-likeness (QED) is 0.277. The van der Waals surface area contributed by atoms with Crippen molar-refractivity contribution in [1.29, 1.82) is 5.26 Å². The predicted octanol–water partition coefficient (Wildman–Crippen LogP) is -4.46. The van der Waals surface area contributed by atoms with Crippen molar-refractivity contribution in [1.82, 2.24) is 4.90 Å². The first-order valence-electron chi connectivity index (χ1n) is 3.97. The van der Waals surface area contributed by atoms with E-state index in [1.165, 1.54) is 0 Å². The second-order valence-electron chi connectivity index (χ2n) is 3.13. The van der Waals surface area contributed by atoms with Gasteiger partial charge in [0.2, 0.25) is 0 Å². The molecule has 92 valence electrons. The Bertz CT molecular complexity index is 291. The van der Waals surface area contributed by atoms with E-state index in [9.17, 15) is 0 Å². The lowest BCUT2D eigenvalue weighted by Gasteiger charge is -2.17. The molecule has 0 aliphatic rings. The van der Waals surface area contributed by atoms with Gasteiger partial charge in [-0.05, 0) is 0 Å². The van der Waals surface area contributed by atoms with Gasteiger partial charge >= 0.3 is 0 Å². The number of nitrogens with zero attached hydrogens (tertiary/aromatic N) is 3. The van der Waals surface area contributed by atoms with Gasteiger partial charge in [0, 0.05) is 20.3 Å². The van der Waals surface area contributed by atoms with Crippen LogP contribution in [0.1, 0.15) is 0 Å². The van der Waals surface area contributed by atoms with E-state index in [2.05, 4.69) is 6.07 Å². The van der Waals surface area contributed by atoms with Crippen molar-refractivity contribution in [2.45, 2.75) is 0 Å². The third-order valence-electron chi connectivity index (χ3n) is 0.924. The summed E-state index contributed by atoms with van der Waals surface area (Å²) in [6.45, 7) is 0. The Morgan fingerprint density at radius 2 is 1.62 bits per heavy atom. The molecule has 0 fully saturated rings. The van der Waals surface area contributed by atoms with Gasteiger partial charge in [0.15, 0.2) is 6.21 Å². The Balaban J connectivity index is 0. The fourth-order valence-corrected chi connectivity index (χ4v) is 0.647. The SMILES string of the molecule is CN(C)C=C(C#N)C=[N+](C)C.[O-][Cl+3]([O-])([O-])[O-]. The fraction of sp³-hybridized carbons (Fsp3) is 0.500. The maximum atomic E-state index is 8.62. The number of hydrogen-bond donors (Lipinski definition) is 0. The minimum Gasteiger partial charge on any atom is -0.382 e. The van der Waals surface area contributed by atoms with Crippen molar-refractivity contribution in [3.8, 4) is 6.07 Å². The van der Waals surface area contributed by atoms with Crippen LogP contribution in [0.25, 0.3) is 0 Å². The molecule has 0 radical (unpaired) electrons. The van der Waals surface area contributed by atoms with Crippen LogP contribution in [0.2, 0.25) is 0 Å². The second-order valence-corrected chi connectivity index (χ2v) is 3.89. The van der Waals surface area contributed by atoms with E-state index >= 15 is 0 Å². The zero-order valence-corrected chi connectivity index (χ0v) is 10.3. The van der Waals surface area contributed by atoms with Gasteiger partial charge in [0.1, 0.15) is 25.7 Å². The molecule has 0 unspecified atom stereocenters. The fourth-order valence-electron chi connectivity index (χ4n) is 0.647. The first kappa shape index (κ1) is 17.2. The monoisotopic (exact) mass is 251 g/mol. The maximum absolute atomic E-state index is 8.62. The number of nitriles is 1. The van der Waals surface area contributed by atoms with Gasteiger partial charge in [-0.15, -0.1) is 10.2 Å². The summed E-state index contributed by atoms with van der Waals surface area (Å²) in [5.41, 5.74) is 0.653. The first-order valence-corrected chi connectivity index (χ1v) is 5.21. The Kier molecular flexibility index (Phi) is 8.66. The van der Waals surface area contributed by atoms with Gasteiger partial charge in [-0.1, -0.05) is 0 Å². The minimum atomic E-state index is -4.94. The van der Waals surface area contributed by atoms with Crippen LogP contribution in [0.4, 0.5) is 0 Å². The van der Waals surface area contributed by atoms with E-state index in [4.69, 9.17) is 23.9 Å². The van der Waals surface area contributed by atoms with Gasteiger partial charge in [0.05, 0.1) is 0 Å². The summed E-state index contributed by atoms with van der Waals surface area (Å²) >= 11 is 0. The number of halogens is 1. The van der Waals surface area contributed by atoms with Crippen LogP contribution in [0.5, 0.6) is 0 Å². The van der Waals surface area contributed by atoms with Gasteiger partial charge in [-0.2, -0.15) is 5.26 Å². The lowest BCUT2D eigenvalue weighted by atomic mass is 10.3. The highest BCUT2D eigenvalue weighted by molar-refractivity contribution is 5.79. The van der Waals surface area contributed by atoms with Crippen molar-refractivity contribution < 1.29 is 33.5 Å². The molecule has 8 heteroatoms. The van der Waals surface area contributed by atoms with Gasteiger partial charge in [-0.3, -0.25) is 0 Å². The second kappa shape index (κ2) is 8.04. The molecule has 0 aromatic rings. The van der Waals surface area contributed by atoms with E-state index < -0.39 is 10.2 Å². The first-order chi connectivity index (χ1) is 7.06. The molecule has 0 aliphatic carbocycles. The molecule has 0 rings (SSSR count). The molecule has 0 heterocycles. The van der Waals surface area contributed by atoms with Crippen LogP contribution < -0.4 is 18.6 Å². The minimum absolute atomic E-state index is 0.653. The molecule has 7 nitrogen and oxygen atoms in total. The van der Waals surface area contributed by atoms with Crippen LogP contribution in [0.3, 0.4) is 0 Å². The summed E-state index contributed by atoms with van der Waals surface area (Å²) < 4.78 is 35.8. The van der Waals surface area contributed by atoms with Crippen LogP contribution in [-0.2, 0) is 0 Å². The molecule has 0 aromatic heterocycles. The highest BCUT2D eigenvalue weighted by Gasteiger charge is 1.95. The summed E-state index contributed by atoms with van der Waals surface area (Å²) in [7, 11) is 2.61. The average Bonchev–Trinajstić information content (AvgIpc) is 1.97. The third-order valence-corrected chi connectivity index (χ3v) is 0.924. The number of allylic oxidation sites excluding steroid dienone is 1. The molecular formula is C8H14ClN3O4. The summed E-state index contributed by atoms with van der Waals surface area (Å²) in [5.74, 6) is 0. The number of rotatable bonds is 2. The summed E-state index contributed by atoms with van der Waals surface area (Å²) in [6, 6.07) is 2.09. The van der Waals surface area contributed by atoms with Crippen LogP contribution >= 0.6 is 0 Å². The standard InChI is InChI=1S/C8H14N3.ClHO4/c1-10(2)6-8(5-9)7-11(3)4;2-1(3,4)5/h6-7H,1-4H3;(H,2,3,4,5)/q+1;/p-1. The lowest BCUT2D eigenvalue weighted by Crippen LogP contribution is -2.68. The Morgan fingerprint density at radius 1 is 1.25 bits per heavy atom. The Hall–Kier alpha value is -1.17. The Morgan fingerprint density at radius 3 is 1.81 bits per heavy atom. The van der Waals surface area contributed by atoms with Crippen LogP contribution in [0.15, 0.2) is 11.8 Å². The molecule has 0 aliphatic heterocycles. The zero-order chi connectivity index (χ0) is 13.4. The molecule has 0 saturated carbocycles. The van der Waals surface area contributed by atoms with E-state index in [0.29, 0.717) is 5.57 Å². The Labute approximate surface area is 96.5 Å². The van der Waals surface area contributed by atoms with E-state index in [1.54, 1.807) is 12.4 Å². The van der Waals surface area contributed by atoms with Gasteiger partial charge in [0.25, 0.3) is 0 Å². The van der Waals surface area contributed by atoms with Crippen molar-refractivity contribution in [2.24, 2.45) is 0 Å². The van der Waals surface area contributed by atoms with Gasteiger partial charge < -0.3 is 4.90 Å². The van der Waals surface area contributed by atoms with E-state index in [1.807, 2.05) is 37.7 Å². The van der Waals surface area contributed by atoms with Crippen molar-refractivity contribution >= 4 is 6.21 Å². The number of hydrogen-bond acceptors (Lipinski definition) is 6. The normalized spacial score (nSPS) is 10.8. The molecule has 0 aromatic carbocycles. The molecule has 0 amide bonds. The summed E-state index contributed by atoms with van der Waals surface area (Å²) in [4.78, 5) is 1.85.